The first-order valence-corrected chi connectivity index (χ1v) is 9.46. The Labute approximate surface area is 179 Å². The SMILES string of the molecule is Clc1cccc([NH+]=c2cc(-c3ccccc3)oc3ccc(Cl)cc23)c1.F[B-](F)(F)F. The third-order valence-corrected chi connectivity index (χ3v) is 4.36. The first-order valence-electron chi connectivity index (χ1n) is 8.71. The lowest BCUT2D eigenvalue weighted by molar-refractivity contribution is -0.400. The van der Waals surface area contributed by atoms with Crippen molar-refractivity contribution < 1.29 is 26.7 Å². The zero-order valence-electron chi connectivity index (χ0n) is 15.3. The Kier molecular flexibility index (Phi) is 6.85. The molecule has 9 heteroatoms. The van der Waals surface area contributed by atoms with Gasteiger partial charge in [0.25, 0.3) is 0 Å². The second-order valence-corrected chi connectivity index (χ2v) is 7.03. The van der Waals surface area contributed by atoms with Crippen molar-refractivity contribution in [3.63, 3.8) is 0 Å². The molecule has 154 valence electrons. The lowest BCUT2D eigenvalue weighted by Gasteiger charge is -2.03. The molecule has 1 aromatic heterocycles. The Morgan fingerprint density at radius 1 is 0.733 bits per heavy atom. The van der Waals surface area contributed by atoms with E-state index in [1.165, 1.54) is 0 Å². The molecule has 1 N–H and O–H groups in total. The average Bonchev–Trinajstić information content (AvgIpc) is 2.68. The molecule has 3 aromatic carbocycles. The predicted octanol–water partition coefficient (Wildman–Crippen LogP) is 6.02. The van der Waals surface area contributed by atoms with Crippen molar-refractivity contribution in [1.82, 2.24) is 0 Å². The van der Waals surface area contributed by atoms with E-state index >= 15 is 0 Å². The number of hydrogen-bond acceptors (Lipinski definition) is 1. The summed E-state index contributed by atoms with van der Waals surface area (Å²) in [6.07, 6.45) is 0. The molecule has 0 fully saturated rings. The van der Waals surface area contributed by atoms with Crippen molar-refractivity contribution in [2.45, 2.75) is 0 Å². The average molecular weight is 454 g/mol. The van der Waals surface area contributed by atoms with Crippen LogP contribution in [0.15, 0.2) is 83.3 Å². The van der Waals surface area contributed by atoms with Gasteiger partial charge in [-0.1, -0.05) is 59.6 Å². The predicted molar refractivity (Wildman–Crippen MR) is 112 cm³/mol. The fourth-order valence-electron chi connectivity index (χ4n) is 2.73. The van der Waals surface area contributed by atoms with Gasteiger partial charge < -0.3 is 21.7 Å². The molecule has 0 aliphatic carbocycles. The molecule has 0 atom stereocenters. The van der Waals surface area contributed by atoms with E-state index in [4.69, 9.17) is 27.6 Å². The maximum absolute atomic E-state index is 9.75. The van der Waals surface area contributed by atoms with E-state index in [9.17, 15) is 17.3 Å². The van der Waals surface area contributed by atoms with Gasteiger partial charge >= 0.3 is 7.25 Å². The van der Waals surface area contributed by atoms with Gasteiger partial charge in [-0.15, -0.1) is 0 Å². The first kappa shape index (κ1) is 21.9. The number of benzene rings is 3. The Balaban J connectivity index is 0.000000461. The van der Waals surface area contributed by atoms with Crippen LogP contribution >= 0.6 is 23.2 Å². The van der Waals surface area contributed by atoms with Gasteiger partial charge in [0.05, 0.1) is 11.5 Å². The van der Waals surface area contributed by atoms with E-state index in [-0.39, 0.29) is 0 Å². The Bertz CT molecular complexity index is 1220. The Morgan fingerprint density at radius 2 is 1.40 bits per heavy atom. The van der Waals surface area contributed by atoms with Crippen molar-refractivity contribution in [1.29, 1.82) is 0 Å². The highest BCUT2D eigenvalue weighted by atomic mass is 35.5. The lowest BCUT2D eigenvalue weighted by Crippen LogP contribution is -2.70. The molecule has 0 bridgehead atoms. The number of fused-ring (bicyclic) bond motifs is 1. The van der Waals surface area contributed by atoms with Crippen LogP contribution in [0.3, 0.4) is 0 Å². The van der Waals surface area contributed by atoms with Gasteiger partial charge in [-0.25, -0.2) is 4.99 Å². The molecule has 1 heterocycles. The molecule has 30 heavy (non-hydrogen) atoms. The smallest absolute Gasteiger partial charge is 0.456 e. The molecule has 0 saturated heterocycles. The van der Waals surface area contributed by atoms with Gasteiger partial charge in [-0.3, -0.25) is 0 Å². The molecule has 0 aliphatic rings. The molecule has 0 radical (unpaired) electrons. The van der Waals surface area contributed by atoms with E-state index in [0.717, 1.165) is 33.3 Å². The summed E-state index contributed by atoms with van der Waals surface area (Å²) in [6.45, 7) is 0. The minimum absolute atomic E-state index is 0.657. The van der Waals surface area contributed by atoms with Crippen molar-refractivity contribution in [3.05, 3.63) is 94.3 Å². The van der Waals surface area contributed by atoms with Crippen molar-refractivity contribution in [2.24, 2.45) is 0 Å². The molecule has 0 amide bonds. The van der Waals surface area contributed by atoms with E-state index in [0.29, 0.717) is 10.0 Å². The van der Waals surface area contributed by atoms with Gasteiger partial charge in [0, 0.05) is 27.7 Å². The summed E-state index contributed by atoms with van der Waals surface area (Å²) in [6, 6.07) is 25.2. The Hall–Kier alpha value is -2.77. The molecule has 0 spiro atoms. The highest BCUT2D eigenvalue weighted by molar-refractivity contribution is 6.50. The third-order valence-electron chi connectivity index (χ3n) is 3.89. The zero-order chi connectivity index (χ0) is 21.7. The van der Waals surface area contributed by atoms with Crippen LogP contribution in [0.2, 0.25) is 10.0 Å². The van der Waals surface area contributed by atoms with Crippen LogP contribution in [0, 0.1) is 0 Å². The van der Waals surface area contributed by atoms with Gasteiger partial charge in [0.1, 0.15) is 11.3 Å². The highest BCUT2D eigenvalue weighted by Crippen LogP contribution is 2.23. The maximum Gasteiger partial charge on any atom is 0.673 e. The summed E-state index contributed by atoms with van der Waals surface area (Å²) in [5, 5.41) is 3.15. The van der Waals surface area contributed by atoms with E-state index in [1.54, 1.807) is 0 Å². The molecular weight excluding hydrogens is 440 g/mol. The third kappa shape index (κ3) is 6.37. The number of halogens is 6. The molecule has 2 nitrogen and oxygen atoms in total. The van der Waals surface area contributed by atoms with Gasteiger partial charge in [-0.2, -0.15) is 0 Å². The van der Waals surface area contributed by atoms with Gasteiger partial charge in [0.2, 0.25) is 11.0 Å². The molecule has 0 saturated carbocycles. The fraction of sp³-hybridized carbons (Fsp3) is 0. The fourth-order valence-corrected chi connectivity index (χ4v) is 3.09. The lowest BCUT2D eigenvalue weighted by atomic mass is 10.1. The van der Waals surface area contributed by atoms with Crippen molar-refractivity contribution >= 4 is 47.1 Å². The quantitative estimate of drug-likeness (QED) is 0.291. The standard InChI is InChI=1S/C21H13Cl2NO.BF4/c22-15-7-4-8-17(11-15)24-19-13-21(14-5-2-1-3-6-14)25-20-10-9-16(23)12-18(19)20;2-1(3,4)5/h1-13H;/q;-1/p+1. The maximum atomic E-state index is 9.75. The van der Waals surface area contributed by atoms with Crippen molar-refractivity contribution in [2.75, 3.05) is 0 Å². The van der Waals surface area contributed by atoms with Gasteiger partial charge in [-0.05, 0) is 24.3 Å². The van der Waals surface area contributed by atoms with Crippen LogP contribution in [0.25, 0.3) is 22.3 Å². The highest BCUT2D eigenvalue weighted by Gasteiger charge is 2.20. The minimum Gasteiger partial charge on any atom is -0.456 e. The van der Waals surface area contributed by atoms with Crippen LogP contribution in [0.1, 0.15) is 0 Å². The number of hydrogen-bond donors (Lipinski definition) is 1. The molecular formula is C21H14BCl2F4NO. The second-order valence-electron chi connectivity index (χ2n) is 6.16. The molecule has 0 unspecified atom stereocenters. The summed E-state index contributed by atoms with van der Waals surface area (Å²) in [5.41, 5.74) is 2.67. The number of rotatable bonds is 2. The van der Waals surface area contributed by atoms with Gasteiger partial charge in [0.15, 0.2) is 0 Å². The van der Waals surface area contributed by atoms with Crippen LogP contribution in [0.5, 0.6) is 0 Å². The minimum atomic E-state index is -6.00. The van der Waals surface area contributed by atoms with E-state index < -0.39 is 7.25 Å². The summed E-state index contributed by atoms with van der Waals surface area (Å²) in [7, 11) is -6.00. The van der Waals surface area contributed by atoms with E-state index in [1.807, 2.05) is 78.9 Å². The van der Waals surface area contributed by atoms with Crippen LogP contribution in [0.4, 0.5) is 23.0 Å². The Morgan fingerprint density at radius 3 is 2.07 bits per heavy atom. The first-order chi connectivity index (χ1) is 14.2. The summed E-state index contributed by atoms with van der Waals surface area (Å²) >= 11 is 12.3. The zero-order valence-corrected chi connectivity index (χ0v) is 16.8. The van der Waals surface area contributed by atoms with Crippen molar-refractivity contribution in [3.8, 4) is 11.3 Å². The molecule has 4 rings (SSSR count). The molecule has 4 aromatic rings. The monoisotopic (exact) mass is 453 g/mol. The number of nitrogens with one attached hydrogen (secondary N) is 1. The summed E-state index contributed by atoms with van der Waals surface area (Å²) in [4.78, 5) is 3.42. The summed E-state index contributed by atoms with van der Waals surface area (Å²) < 4.78 is 45.1. The van der Waals surface area contributed by atoms with Crippen LogP contribution in [-0.2, 0) is 0 Å². The van der Waals surface area contributed by atoms with Crippen LogP contribution < -0.4 is 10.3 Å². The normalized spacial score (nSPS) is 11.9. The molecule has 0 aliphatic heterocycles. The van der Waals surface area contributed by atoms with E-state index in [2.05, 4.69) is 4.99 Å². The van der Waals surface area contributed by atoms with Crippen LogP contribution in [-0.4, -0.2) is 7.25 Å². The largest absolute Gasteiger partial charge is 0.673 e. The second kappa shape index (κ2) is 9.37. The topological polar surface area (TPSA) is 27.1 Å². The summed E-state index contributed by atoms with van der Waals surface area (Å²) in [5.74, 6) is 0.778.